The Labute approximate surface area is 177 Å². The molecule has 156 valence electrons. The molecule has 1 aliphatic heterocycles. The minimum Gasteiger partial charge on any atom is -0.355 e. The fourth-order valence-corrected chi connectivity index (χ4v) is 5.47. The van der Waals surface area contributed by atoms with Crippen molar-refractivity contribution in [2.45, 2.75) is 42.0 Å². The normalized spacial score (nSPS) is 15.9. The first-order chi connectivity index (χ1) is 14.0. The maximum atomic E-state index is 12.5. The van der Waals surface area contributed by atoms with Gasteiger partial charge < -0.3 is 5.32 Å². The summed E-state index contributed by atoms with van der Waals surface area (Å²) < 4.78 is 26.5. The molecule has 1 saturated heterocycles. The maximum Gasteiger partial charge on any atom is 0.244 e. The van der Waals surface area contributed by atoms with Crippen LogP contribution in [0.15, 0.2) is 58.6 Å². The third kappa shape index (κ3) is 5.81. The first-order valence-electron chi connectivity index (χ1n) is 9.91. The monoisotopic (exact) mass is 433 g/mol. The van der Waals surface area contributed by atoms with Crippen molar-refractivity contribution in [3.05, 3.63) is 54.2 Å². The van der Waals surface area contributed by atoms with Crippen molar-refractivity contribution < 1.29 is 13.2 Å². The molecule has 0 aliphatic carbocycles. The molecule has 8 heteroatoms. The summed E-state index contributed by atoms with van der Waals surface area (Å²) in [7, 11) is -3.45. The van der Waals surface area contributed by atoms with Gasteiger partial charge in [-0.1, -0.05) is 49.0 Å². The molecule has 29 heavy (non-hydrogen) atoms. The van der Waals surface area contributed by atoms with Gasteiger partial charge in [-0.15, -0.1) is 0 Å². The summed E-state index contributed by atoms with van der Waals surface area (Å²) in [5, 5.41) is 3.62. The Hall–Kier alpha value is -1.90. The summed E-state index contributed by atoms with van der Waals surface area (Å²) in [4.78, 5) is 16.6. The van der Waals surface area contributed by atoms with Crippen molar-refractivity contribution in [3.8, 4) is 0 Å². The number of nitrogens with one attached hydrogen (secondary N) is 1. The topological polar surface area (TPSA) is 79.4 Å². The Morgan fingerprint density at radius 2 is 1.90 bits per heavy atom. The van der Waals surface area contributed by atoms with E-state index in [1.165, 1.54) is 27.8 Å². The Morgan fingerprint density at radius 3 is 2.52 bits per heavy atom. The van der Waals surface area contributed by atoms with Crippen LogP contribution in [0.2, 0.25) is 0 Å². The summed E-state index contributed by atoms with van der Waals surface area (Å²) in [6.45, 7) is 3.85. The van der Waals surface area contributed by atoms with Crippen molar-refractivity contribution in [3.63, 3.8) is 0 Å². The van der Waals surface area contributed by atoms with E-state index < -0.39 is 10.0 Å². The molecule has 1 aromatic heterocycles. The number of thioether (sulfide) groups is 1. The van der Waals surface area contributed by atoms with Crippen molar-refractivity contribution in [2.24, 2.45) is 0 Å². The van der Waals surface area contributed by atoms with Crippen LogP contribution in [0, 0.1) is 0 Å². The quantitative estimate of drug-likeness (QED) is 0.614. The van der Waals surface area contributed by atoms with Crippen LogP contribution in [0.25, 0.3) is 0 Å². The molecule has 1 amide bonds. The number of nitrogens with zero attached hydrogens (tertiary/aromatic N) is 2. The number of carbonyl (C=O) groups is 1. The van der Waals surface area contributed by atoms with Gasteiger partial charge in [-0.2, -0.15) is 4.31 Å². The van der Waals surface area contributed by atoms with Gasteiger partial charge in [0.2, 0.25) is 15.9 Å². The van der Waals surface area contributed by atoms with Gasteiger partial charge in [0, 0.05) is 31.7 Å². The van der Waals surface area contributed by atoms with Crippen LogP contribution in [0.1, 0.15) is 37.7 Å². The van der Waals surface area contributed by atoms with Gasteiger partial charge in [0.15, 0.2) is 0 Å². The van der Waals surface area contributed by atoms with Gasteiger partial charge in [-0.05, 0) is 37.0 Å². The summed E-state index contributed by atoms with van der Waals surface area (Å²) in [5.41, 5.74) is 1.22. The molecule has 0 spiro atoms. The molecule has 2 heterocycles. The first-order valence-corrected chi connectivity index (χ1v) is 12.3. The van der Waals surface area contributed by atoms with Crippen LogP contribution in [-0.2, 0) is 14.8 Å². The fraction of sp³-hybridized carbons (Fsp3) is 0.429. The molecular formula is C21H27N3O3S2. The highest BCUT2D eigenvalue weighted by atomic mass is 32.2. The third-order valence-electron chi connectivity index (χ3n) is 5.07. The van der Waals surface area contributed by atoms with Crippen LogP contribution in [0.5, 0.6) is 0 Å². The van der Waals surface area contributed by atoms with Crippen LogP contribution in [0.4, 0.5) is 0 Å². The number of hydrogen-bond donors (Lipinski definition) is 1. The lowest BCUT2D eigenvalue weighted by atomic mass is 9.96. The van der Waals surface area contributed by atoms with Crippen LogP contribution < -0.4 is 5.32 Å². The lowest BCUT2D eigenvalue weighted by molar-refractivity contribution is -0.118. The lowest BCUT2D eigenvalue weighted by Crippen LogP contribution is -2.29. The number of amides is 1. The average Bonchev–Trinajstić information content (AvgIpc) is 3.30. The second-order valence-corrected chi connectivity index (χ2v) is 9.99. The second kappa shape index (κ2) is 10.2. The lowest BCUT2D eigenvalue weighted by Gasteiger charge is -2.16. The van der Waals surface area contributed by atoms with Crippen LogP contribution in [0.3, 0.4) is 0 Å². The van der Waals surface area contributed by atoms with Gasteiger partial charge in [0.1, 0.15) is 4.90 Å². The van der Waals surface area contributed by atoms with E-state index in [4.69, 9.17) is 0 Å². The molecule has 0 saturated carbocycles. The van der Waals surface area contributed by atoms with Gasteiger partial charge >= 0.3 is 0 Å². The highest BCUT2D eigenvalue weighted by Gasteiger charge is 2.27. The molecule has 1 fully saturated rings. The number of aromatic nitrogens is 1. The molecule has 1 aliphatic rings. The summed E-state index contributed by atoms with van der Waals surface area (Å²) >= 11 is 1.30. The number of benzene rings is 1. The minimum atomic E-state index is -3.45. The SMILES string of the molecule is CCC(CNC(=O)CSc1ccc(S(=O)(=O)N2CCCC2)cn1)c1ccccc1. The van der Waals surface area contributed by atoms with Crippen LogP contribution in [-0.4, -0.2) is 49.0 Å². The number of carbonyl (C=O) groups excluding carboxylic acids is 1. The zero-order chi connectivity index (χ0) is 20.7. The Bertz CT molecular complexity index is 897. The standard InChI is InChI=1S/C21H27N3O3S2/c1-2-17(18-8-4-3-5-9-18)14-22-20(25)16-28-21-11-10-19(15-23-21)29(26,27)24-12-6-7-13-24/h3-5,8-11,15,17H,2,6-7,12-14,16H2,1H3,(H,22,25). The number of rotatable bonds is 9. The summed E-state index contributed by atoms with van der Waals surface area (Å²) in [5.74, 6) is 0.481. The molecule has 1 N–H and O–H groups in total. The van der Waals surface area contributed by atoms with Crippen molar-refractivity contribution in [2.75, 3.05) is 25.4 Å². The van der Waals surface area contributed by atoms with Gasteiger partial charge in [-0.25, -0.2) is 13.4 Å². The number of pyridine rings is 1. The van der Waals surface area contributed by atoms with E-state index in [1.807, 2.05) is 18.2 Å². The smallest absolute Gasteiger partial charge is 0.244 e. The van der Waals surface area contributed by atoms with Gasteiger partial charge in [0.25, 0.3) is 0 Å². The van der Waals surface area contributed by atoms with Gasteiger partial charge in [0.05, 0.1) is 10.8 Å². The van der Waals surface area contributed by atoms with E-state index in [-0.39, 0.29) is 16.6 Å². The number of hydrogen-bond acceptors (Lipinski definition) is 5. The molecule has 1 atom stereocenters. The average molecular weight is 434 g/mol. The molecule has 1 aromatic carbocycles. The molecule has 2 aromatic rings. The summed E-state index contributed by atoms with van der Waals surface area (Å²) in [6, 6.07) is 13.4. The predicted molar refractivity (Wildman–Crippen MR) is 115 cm³/mol. The third-order valence-corrected chi connectivity index (χ3v) is 7.90. The molecule has 0 bridgehead atoms. The zero-order valence-electron chi connectivity index (χ0n) is 16.6. The van der Waals surface area contributed by atoms with E-state index in [0.717, 1.165) is 19.3 Å². The molecular weight excluding hydrogens is 406 g/mol. The highest BCUT2D eigenvalue weighted by molar-refractivity contribution is 7.99. The molecule has 6 nitrogen and oxygen atoms in total. The minimum absolute atomic E-state index is 0.0556. The number of sulfonamides is 1. The second-order valence-electron chi connectivity index (χ2n) is 7.05. The van der Waals surface area contributed by atoms with Crippen molar-refractivity contribution in [1.29, 1.82) is 0 Å². The highest BCUT2D eigenvalue weighted by Crippen LogP contribution is 2.23. The molecule has 0 radical (unpaired) electrons. The van der Waals surface area contributed by atoms with E-state index in [9.17, 15) is 13.2 Å². The van der Waals surface area contributed by atoms with Crippen molar-refractivity contribution in [1.82, 2.24) is 14.6 Å². The Morgan fingerprint density at radius 1 is 1.17 bits per heavy atom. The maximum absolute atomic E-state index is 12.5. The summed E-state index contributed by atoms with van der Waals surface area (Å²) in [6.07, 6.45) is 4.14. The van der Waals surface area contributed by atoms with E-state index in [0.29, 0.717) is 30.6 Å². The molecule has 1 unspecified atom stereocenters. The fourth-order valence-electron chi connectivity index (χ4n) is 3.33. The van der Waals surface area contributed by atoms with E-state index in [1.54, 1.807) is 12.1 Å². The Kier molecular flexibility index (Phi) is 7.69. The largest absolute Gasteiger partial charge is 0.355 e. The van der Waals surface area contributed by atoms with E-state index >= 15 is 0 Å². The van der Waals surface area contributed by atoms with Gasteiger partial charge in [-0.3, -0.25) is 4.79 Å². The molecule has 3 rings (SSSR count). The first kappa shape index (κ1) is 21.8. The predicted octanol–water partition coefficient (Wildman–Crippen LogP) is 3.27. The zero-order valence-corrected chi connectivity index (χ0v) is 18.2. The Balaban J connectivity index is 1.49. The van der Waals surface area contributed by atoms with Crippen molar-refractivity contribution >= 4 is 27.7 Å². The van der Waals surface area contributed by atoms with E-state index in [2.05, 4.69) is 29.4 Å². The van der Waals surface area contributed by atoms with Crippen LogP contribution >= 0.6 is 11.8 Å².